The summed E-state index contributed by atoms with van der Waals surface area (Å²) in [7, 11) is 0. The SMILES string of the molecule is O=C1CC2(CCCC2)CCOCO1. The fourth-order valence-electron chi connectivity index (χ4n) is 2.45. The largest absolute Gasteiger partial charge is 0.438 e. The first kappa shape index (κ1) is 9.00. The lowest BCUT2D eigenvalue weighted by atomic mass is 9.80. The molecule has 0 N–H and O–H groups in total. The van der Waals surface area contributed by atoms with Gasteiger partial charge in [-0.3, -0.25) is 4.79 Å². The lowest BCUT2D eigenvalue weighted by Gasteiger charge is -2.29. The van der Waals surface area contributed by atoms with Gasteiger partial charge in [0.25, 0.3) is 0 Å². The fraction of sp³-hybridized carbons (Fsp3) is 0.900. The molecule has 1 aliphatic heterocycles. The zero-order chi connectivity index (χ0) is 9.15. The van der Waals surface area contributed by atoms with Crippen LogP contribution in [0.4, 0.5) is 0 Å². The molecule has 0 aromatic carbocycles. The molecule has 1 saturated heterocycles. The average molecular weight is 184 g/mol. The Morgan fingerprint density at radius 2 is 1.92 bits per heavy atom. The summed E-state index contributed by atoms with van der Waals surface area (Å²) in [5.41, 5.74) is 0.220. The minimum absolute atomic E-state index is 0.0819. The molecule has 0 amide bonds. The van der Waals surface area contributed by atoms with E-state index in [1.54, 1.807) is 0 Å². The van der Waals surface area contributed by atoms with Crippen LogP contribution in [0.2, 0.25) is 0 Å². The second-order valence-corrected chi connectivity index (χ2v) is 4.18. The standard InChI is InChI=1S/C10H16O3/c11-9-7-10(3-1-2-4-10)5-6-12-8-13-9/h1-8H2. The van der Waals surface area contributed by atoms with Crippen LogP contribution in [0.3, 0.4) is 0 Å². The van der Waals surface area contributed by atoms with Gasteiger partial charge in [0.2, 0.25) is 0 Å². The third kappa shape index (κ3) is 2.02. The molecule has 3 nitrogen and oxygen atoms in total. The minimum atomic E-state index is -0.0819. The van der Waals surface area contributed by atoms with Crippen LogP contribution in [0.15, 0.2) is 0 Å². The molecule has 2 aliphatic rings. The van der Waals surface area contributed by atoms with Gasteiger partial charge in [0, 0.05) is 0 Å². The summed E-state index contributed by atoms with van der Waals surface area (Å²) < 4.78 is 10.1. The number of rotatable bonds is 0. The molecule has 0 unspecified atom stereocenters. The highest BCUT2D eigenvalue weighted by Crippen LogP contribution is 2.44. The Bertz CT molecular complexity index is 194. The van der Waals surface area contributed by atoms with Crippen molar-refractivity contribution < 1.29 is 14.3 Å². The van der Waals surface area contributed by atoms with E-state index < -0.39 is 0 Å². The zero-order valence-electron chi connectivity index (χ0n) is 7.88. The maximum atomic E-state index is 11.3. The van der Waals surface area contributed by atoms with Crippen molar-refractivity contribution in [3.05, 3.63) is 0 Å². The molecule has 2 fully saturated rings. The van der Waals surface area contributed by atoms with Crippen molar-refractivity contribution in [2.24, 2.45) is 5.41 Å². The van der Waals surface area contributed by atoms with Crippen LogP contribution in [-0.4, -0.2) is 19.4 Å². The fourth-order valence-corrected chi connectivity index (χ4v) is 2.45. The van der Waals surface area contributed by atoms with Crippen molar-refractivity contribution >= 4 is 5.97 Å². The first-order chi connectivity index (χ1) is 6.31. The number of carbonyl (C=O) groups excluding carboxylic acids is 1. The molecular formula is C10H16O3. The maximum Gasteiger partial charge on any atom is 0.308 e. The third-order valence-electron chi connectivity index (χ3n) is 3.26. The van der Waals surface area contributed by atoms with Crippen molar-refractivity contribution in [2.45, 2.75) is 38.5 Å². The van der Waals surface area contributed by atoms with Gasteiger partial charge in [0.15, 0.2) is 6.79 Å². The molecule has 1 spiro atoms. The van der Waals surface area contributed by atoms with Crippen LogP contribution >= 0.6 is 0 Å². The van der Waals surface area contributed by atoms with E-state index in [2.05, 4.69) is 0 Å². The molecule has 13 heavy (non-hydrogen) atoms. The van der Waals surface area contributed by atoms with E-state index >= 15 is 0 Å². The molecule has 1 heterocycles. The van der Waals surface area contributed by atoms with Crippen LogP contribution in [0.25, 0.3) is 0 Å². The van der Waals surface area contributed by atoms with Crippen LogP contribution < -0.4 is 0 Å². The number of esters is 1. The smallest absolute Gasteiger partial charge is 0.308 e. The topological polar surface area (TPSA) is 35.5 Å². The number of cyclic esters (lactones) is 1. The summed E-state index contributed by atoms with van der Waals surface area (Å²) in [5, 5.41) is 0. The van der Waals surface area contributed by atoms with Gasteiger partial charge in [-0.1, -0.05) is 12.8 Å². The third-order valence-corrected chi connectivity index (χ3v) is 3.26. The molecular weight excluding hydrogens is 168 g/mol. The van der Waals surface area contributed by atoms with Crippen LogP contribution in [0.1, 0.15) is 38.5 Å². The van der Waals surface area contributed by atoms with Crippen molar-refractivity contribution in [3.63, 3.8) is 0 Å². The normalized spacial score (nSPS) is 28.2. The monoisotopic (exact) mass is 184 g/mol. The van der Waals surface area contributed by atoms with E-state index in [0.29, 0.717) is 6.42 Å². The van der Waals surface area contributed by atoms with Crippen molar-refractivity contribution in [1.82, 2.24) is 0 Å². The Labute approximate surface area is 78.4 Å². The van der Waals surface area contributed by atoms with Crippen molar-refractivity contribution in [3.8, 4) is 0 Å². The molecule has 74 valence electrons. The van der Waals surface area contributed by atoms with Gasteiger partial charge in [0.1, 0.15) is 0 Å². The van der Waals surface area contributed by atoms with Gasteiger partial charge in [-0.2, -0.15) is 0 Å². The molecule has 0 aromatic heterocycles. The molecule has 3 heteroatoms. The number of hydrogen-bond acceptors (Lipinski definition) is 3. The molecule has 1 aliphatic carbocycles. The Morgan fingerprint density at radius 3 is 2.69 bits per heavy atom. The van der Waals surface area contributed by atoms with E-state index in [9.17, 15) is 4.79 Å². The van der Waals surface area contributed by atoms with Gasteiger partial charge in [-0.15, -0.1) is 0 Å². The second kappa shape index (κ2) is 3.66. The molecule has 0 atom stereocenters. The molecule has 0 radical (unpaired) electrons. The van der Waals surface area contributed by atoms with Gasteiger partial charge in [-0.25, -0.2) is 0 Å². The molecule has 0 bridgehead atoms. The first-order valence-corrected chi connectivity index (χ1v) is 5.04. The summed E-state index contributed by atoms with van der Waals surface area (Å²) >= 11 is 0. The van der Waals surface area contributed by atoms with Gasteiger partial charge >= 0.3 is 5.97 Å². The van der Waals surface area contributed by atoms with Crippen molar-refractivity contribution in [1.29, 1.82) is 0 Å². The highest BCUT2D eigenvalue weighted by Gasteiger charge is 2.36. The molecule has 1 saturated carbocycles. The summed E-state index contributed by atoms with van der Waals surface area (Å²) in [6.07, 6.45) is 6.50. The van der Waals surface area contributed by atoms with Gasteiger partial charge in [-0.05, 0) is 24.7 Å². The lowest BCUT2D eigenvalue weighted by molar-refractivity contribution is -0.164. The number of hydrogen-bond donors (Lipinski definition) is 0. The van der Waals surface area contributed by atoms with Crippen LogP contribution in [-0.2, 0) is 14.3 Å². The Kier molecular flexibility index (Phi) is 2.54. The predicted molar refractivity (Wildman–Crippen MR) is 47.0 cm³/mol. The molecule has 2 rings (SSSR count). The number of carbonyl (C=O) groups is 1. The summed E-state index contributed by atoms with van der Waals surface area (Å²) in [5.74, 6) is -0.0819. The van der Waals surface area contributed by atoms with Crippen LogP contribution in [0, 0.1) is 5.41 Å². The summed E-state index contributed by atoms with van der Waals surface area (Å²) in [6, 6.07) is 0. The highest BCUT2D eigenvalue weighted by atomic mass is 16.7. The predicted octanol–water partition coefficient (Wildman–Crippen LogP) is 1.86. The van der Waals surface area contributed by atoms with E-state index in [1.807, 2.05) is 0 Å². The first-order valence-electron chi connectivity index (χ1n) is 5.04. The molecule has 0 aromatic rings. The van der Waals surface area contributed by atoms with Crippen LogP contribution in [0.5, 0.6) is 0 Å². The average Bonchev–Trinajstić information content (AvgIpc) is 2.50. The quantitative estimate of drug-likeness (QED) is 0.539. The van der Waals surface area contributed by atoms with Crippen molar-refractivity contribution in [2.75, 3.05) is 13.4 Å². The number of ether oxygens (including phenoxy) is 2. The van der Waals surface area contributed by atoms with Gasteiger partial charge in [0.05, 0.1) is 13.0 Å². The Hall–Kier alpha value is -0.570. The Morgan fingerprint density at radius 1 is 1.15 bits per heavy atom. The summed E-state index contributed by atoms with van der Waals surface area (Å²) in [6.45, 7) is 0.891. The maximum absolute atomic E-state index is 11.3. The van der Waals surface area contributed by atoms with Gasteiger partial charge < -0.3 is 9.47 Å². The summed E-state index contributed by atoms with van der Waals surface area (Å²) in [4.78, 5) is 11.3. The Balaban J connectivity index is 2.02. The van der Waals surface area contributed by atoms with E-state index in [1.165, 1.54) is 25.7 Å². The second-order valence-electron chi connectivity index (χ2n) is 4.18. The van der Waals surface area contributed by atoms with E-state index in [-0.39, 0.29) is 18.2 Å². The lowest BCUT2D eigenvalue weighted by Crippen LogP contribution is -2.27. The highest BCUT2D eigenvalue weighted by molar-refractivity contribution is 5.70. The minimum Gasteiger partial charge on any atom is -0.438 e. The zero-order valence-corrected chi connectivity index (χ0v) is 7.88. The van der Waals surface area contributed by atoms with E-state index in [0.717, 1.165) is 13.0 Å². The van der Waals surface area contributed by atoms with E-state index in [4.69, 9.17) is 9.47 Å².